The van der Waals surface area contributed by atoms with Gasteiger partial charge in [-0.05, 0) is 56.5 Å². The van der Waals surface area contributed by atoms with E-state index in [2.05, 4.69) is 16.2 Å². The molecule has 0 amide bonds. The molecule has 0 bridgehead atoms. The zero-order valence-corrected chi connectivity index (χ0v) is 14.9. The zero-order chi connectivity index (χ0) is 17.2. The SMILES string of the molecule is Cc1oc(-c2ccccc2)nc1CN1CCC(c2cnn(C)c2)CC1. The van der Waals surface area contributed by atoms with Gasteiger partial charge in [0.2, 0.25) is 5.89 Å². The first kappa shape index (κ1) is 16.1. The van der Waals surface area contributed by atoms with Gasteiger partial charge in [0.15, 0.2) is 0 Å². The molecule has 2 aromatic heterocycles. The van der Waals surface area contributed by atoms with Gasteiger partial charge in [0.25, 0.3) is 0 Å². The lowest BCUT2D eigenvalue weighted by Crippen LogP contribution is -2.32. The van der Waals surface area contributed by atoms with Crippen LogP contribution in [0.4, 0.5) is 0 Å². The average molecular weight is 336 g/mol. The molecule has 130 valence electrons. The third-order valence-electron chi connectivity index (χ3n) is 5.07. The minimum absolute atomic E-state index is 0.628. The van der Waals surface area contributed by atoms with Crippen molar-refractivity contribution in [1.29, 1.82) is 0 Å². The van der Waals surface area contributed by atoms with Crippen LogP contribution in [0.15, 0.2) is 47.1 Å². The third kappa shape index (κ3) is 3.51. The van der Waals surface area contributed by atoms with Crippen LogP contribution in [-0.4, -0.2) is 32.8 Å². The maximum absolute atomic E-state index is 5.89. The standard InChI is InChI=1S/C20H24N4O/c1-15-19(22-20(25-15)17-6-4-3-5-7-17)14-24-10-8-16(9-11-24)18-12-21-23(2)13-18/h3-7,12-13,16H,8-11,14H2,1-2H3. The second kappa shape index (κ2) is 6.84. The van der Waals surface area contributed by atoms with Gasteiger partial charge in [-0.25, -0.2) is 4.98 Å². The van der Waals surface area contributed by atoms with E-state index in [1.54, 1.807) is 0 Å². The molecule has 1 fully saturated rings. The molecular weight excluding hydrogens is 312 g/mol. The van der Waals surface area contributed by atoms with E-state index in [9.17, 15) is 0 Å². The molecule has 4 rings (SSSR count). The van der Waals surface area contributed by atoms with Crippen molar-refractivity contribution < 1.29 is 4.42 Å². The number of likely N-dealkylation sites (tertiary alicyclic amines) is 1. The van der Waals surface area contributed by atoms with Gasteiger partial charge < -0.3 is 4.42 Å². The summed E-state index contributed by atoms with van der Waals surface area (Å²) in [5, 5.41) is 4.30. The van der Waals surface area contributed by atoms with Gasteiger partial charge in [-0.2, -0.15) is 5.10 Å². The van der Waals surface area contributed by atoms with Crippen LogP contribution in [0.1, 0.15) is 35.8 Å². The maximum atomic E-state index is 5.89. The number of aromatic nitrogens is 3. The number of hydrogen-bond donors (Lipinski definition) is 0. The van der Waals surface area contributed by atoms with Gasteiger partial charge in [-0.15, -0.1) is 0 Å². The Bertz CT molecular complexity index is 829. The Morgan fingerprint density at radius 2 is 1.92 bits per heavy atom. The molecule has 5 nitrogen and oxygen atoms in total. The van der Waals surface area contributed by atoms with Crippen molar-refractivity contribution in [2.75, 3.05) is 13.1 Å². The number of oxazole rings is 1. The van der Waals surface area contributed by atoms with Crippen LogP contribution >= 0.6 is 0 Å². The Kier molecular flexibility index (Phi) is 4.40. The Morgan fingerprint density at radius 3 is 2.60 bits per heavy atom. The van der Waals surface area contributed by atoms with Gasteiger partial charge in [-0.3, -0.25) is 9.58 Å². The molecular formula is C20H24N4O. The number of hydrogen-bond acceptors (Lipinski definition) is 4. The lowest BCUT2D eigenvalue weighted by atomic mass is 9.91. The third-order valence-corrected chi connectivity index (χ3v) is 5.07. The van der Waals surface area contributed by atoms with Crippen molar-refractivity contribution >= 4 is 0 Å². The van der Waals surface area contributed by atoms with E-state index in [0.717, 1.165) is 42.5 Å². The van der Waals surface area contributed by atoms with E-state index in [-0.39, 0.29) is 0 Å². The molecule has 0 spiro atoms. The smallest absolute Gasteiger partial charge is 0.226 e. The summed E-state index contributed by atoms with van der Waals surface area (Å²) in [6.07, 6.45) is 6.50. The van der Waals surface area contributed by atoms with E-state index < -0.39 is 0 Å². The molecule has 1 aliphatic rings. The second-order valence-corrected chi connectivity index (χ2v) is 6.89. The average Bonchev–Trinajstić information content (AvgIpc) is 3.23. The van der Waals surface area contributed by atoms with Crippen molar-refractivity contribution in [2.45, 2.75) is 32.2 Å². The van der Waals surface area contributed by atoms with Crippen LogP contribution in [-0.2, 0) is 13.6 Å². The Hall–Kier alpha value is -2.40. The molecule has 0 N–H and O–H groups in total. The summed E-state index contributed by atoms with van der Waals surface area (Å²) in [6, 6.07) is 10.1. The first-order valence-corrected chi connectivity index (χ1v) is 8.91. The van der Waals surface area contributed by atoms with Crippen molar-refractivity contribution in [3.05, 3.63) is 59.7 Å². The van der Waals surface area contributed by atoms with E-state index in [0.29, 0.717) is 5.92 Å². The fourth-order valence-corrected chi connectivity index (χ4v) is 3.57. The molecule has 1 aromatic carbocycles. The number of piperidine rings is 1. The van der Waals surface area contributed by atoms with Crippen LogP contribution in [0.5, 0.6) is 0 Å². The van der Waals surface area contributed by atoms with E-state index >= 15 is 0 Å². The Balaban J connectivity index is 1.40. The van der Waals surface area contributed by atoms with Crippen LogP contribution < -0.4 is 0 Å². The highest BCUT2D eigenvalue weighted by Crippen LogP contribution is 2.29. The molecule has 0 saturated carbocycles. The summed E-state index contributed by atoms with van der Waals surface area (Å²) >= 11 is 0. The lowest BCUT2D eigenvalue weighted by Gasteiger charge is -2.31. The van der Waals surface area contributed by atoms with E-state index in [1.165, 1.54) is 18.4 Å². The minimum atomic E-state index is 0.628. The summed E-state index contributed by atoms with van der Waals surface area (Å²) in [4.78, 5) is 7.21. The van der Waals surface area contributed by atoms with Crippen molar-refractivity contribution in [1.82, 2.24) is 19.7 Å². The highest BCUT2D eigenvalue weighted by molar-refractivity contribution is 5.53. The van der Waals surface area contributed by atoms with Crippen LogP contribution in [0, 0.1) is 6.92 Å². The van der Waals surface area contributed by atoms with Crippen LogP contribution in [0.2, 0.25) is 0 Å². The molecule has 0 radical (unpaired) electrons. The Morgan fingerprint density at radius 1 is 1.16 bits per heavy atom. The van der Waals surface area contributed by atoms with Gasteiger partial charge in [0.1, 0.15) is 5.76 Å². The topological polar surface area (TPSA) is 47.1 Å². The highest BCUT2D eigenvalue weighted by atomic mass is 16.4. The molecule has 3 aromatic rings. The van der Waals surface area contributed by atoms with Gasteiger partial charge >= 0.3 is 0 Å². The predicted octanol–water partition coefficient (Wildman–Crippen LogP) is 3.76. The summed E-state index contributed by atoms with van der Waals surface area (Å²) in [6.45, 7) is 5.05. The predicted molar refractivity (Wildman–Crippen MR) is 97.1 cm³/mol. The summed E-state index contributed by atoms with van der Waals surface area (Å²) in [5.41, 5.74) is 3.46. The fraction of sp³-hybridized carbons (Fsp3) is 0.400. The number of aryl methyl sites for hydroxylation is 2. The molecule has 0 aliphatic carbocycles. The van der Waals surface area contributed by atoms with Crippen molar-refractivity contribution in [3.63, 3.8) is 0 Å². The van der Waals surface area contributed by atoms with Crippen LogP contribution in [0.3, 0.4) is 0 Å². The molecule has 0 atom stereocenters. The number of benzene rings is 1. The molecule has 3 heterocycles. The van der Waals surface area contributed by atoms with Crippen molar-refractivity contribution in [3.8, 4) is 11.5 Å². The second-order valence-electron chi connectivity index (χ2n) is 6.89. The molecule has 5 heteroatoms. The largest absolute Gasteiger partial charge is 0.441 e. The molecule has 25 heavy (non-hydrogen) atoms. The zero-order valence-electron chi connectivity index (χ0n) is 14.9. The molecule has 0 unspecified atom stereocenters. The normalized spacial score (nSPS) is 16.4. The number of nitrogens with zero attached hydrogens (tertiary/aromatic N) is 4. The first-order chi connectivity index (χ1) is 12.2. The molecule has 1 aliphatic heterocycles. The fourth-order valence-electron chi connectivity index (χ4n) is 3.57. The van der Waals surface area contributed by atoms with Gasteiger partial charge in [-0.1, -0.05) is 18.2 Å². The Labute approximate surface area is 148 Å². The maximum Gasteiger partial charge on any atom is 0.226 e. The van der Waals surface area contributed by atoms with Crippen LogP contribution in [0.25, 0.3) is 11.5 Å². The summed E-state index contributed by atoms with van der Waals surface area (Å²) < 4.78 is 7.78. The number of rotatable bonds is 4. The first-order valence-electron chi connectivity index (χ1n) is 8.91. The summed E-state index contributed by atoms with van der Waals surface area (Å²) in [7, 11) is 1.98. The van der Waals surface area contributed by atoms with E-state index in [4.69, 9.17) is 9.40 Å². The monoisotopic (exact) mass is 336 g/mol. The molecule has 1 saturated heterocycles. The van der Waals surface area contributed by atoms with Crippen molar-refractivity contribution in [2.24, 2.45) is 7.05 Å². The van der Waals surface area contributed by atoms with E-state index in [1.807, 2.05) is 55.2 Å². The van der Waals surface area contributed by atoms with Gasteiger partial charge in [0, 0.05) is 25.4 Å². The van der Waals surface area contributed by atoms with Gasteiger partial charge in [0.05, 0.1) is 11.9 Å². The lowest BCUT2D eigenvalue weighted by molar-refractivity contribution is 0.202. The quantitative estimate of drug-likeness (QED) is 0.728. The summed E-state index contributed by atoms with van der Waals surface area (Å²) in [5.74, 6) is 2.27. The minimum Gasteiger partial charge on any atom is -0.441 e. The highest BCUT2D eigenvalue weighted by Gasteiger charge is 2.23.